The molecule has 1 heterocycles. The summed E-state index contributed by atoms with van der Waals surface area (Å²) in [5.41, 5.74) is 0.618. The smallest absolute Gasteiger partial charge is 0.338 e. The van der Waals surface area contributed by atoms with E-state index in [4.69, 9.17) is 18.9 Å². The van der Waals surface area contributed by atoms with Crippen LogP contribution >= 0.6 is 0 Å². The first-order valence-electron chi connectivity index (χ1n) is 10.6. The van der Waals surface area contributed by atoms with Gasteiger partial charge < -0.3 is 18.9 Å². The van der Waals surface area contributed by atoms with Crippen LogP contribution in [0.5, 0.6) is 0 Å². The summed E-state index contributed by atoms with van der Waals surface area (Å²) in [4.78, 5) is 38.0. The van der Waals surface area contributed by atoms with Crippen molar-refractivity contribution < 1.29 is 37.7 Å². The molecule has 1 fully saturated rings. The number of alkyl halides is 1. The molecule has 0 bridgehead atoms. The van der Waals surface area contributed by atoms with Crippen LogP contribution in [0.1, 0.15) is 31.1 Å². The first kappa shape index (κ1) is 23.1. The Morgan fingerprint density at radius 1 is 0.618 bits per heavy atom. The Bertz CT molecular complexity index is 1120. The van der Waals surface area contributed by atoms with Crippen molar-refractivity contribution in [2.24, 2.45) is 0 Å². The van der Waals surface area contributed by atoms with Gasteiger partial charge in [0.2, 0.25) is 6.36 Å². The molecule has 0 aliphatic carbocycles. The Morgan fingerprint density at radius 2 is 1.00 bits per heavy atom. The molecule has 3 aromatic rings. The second-order valence-electron chi connectivity index (χ2n) is 7.47. The van der Waals surface area contributed by atoms with Gasteiger partial charge in [-0.3, -0.25) is 0 Å². The highest BCUT2D eigenvalue weighted by Gasteiger charge is 2.48. The minimum Gasteiger partial charge on any atom is -0.452 e. The van der Waals surface area contributed by atoms with Gasteiger partial charge in [-0.25, -0.2) is 18.8 Å². The van der Waals surface area contributed by atoms with E-state index in [-0.39, 0.29) is 16.7 Å². The van der Waals surface area contributed by atoms with Crippen molar-refractivity contribution in [2.75, 3.05) is 6.61 Å². The first-order valence-corrected chi connectivity index (χ1v) is 10.6. The predicted molar refractivity (Wildman–Crippen MR) is 118 cm³/mol. The Labute approximate surface area is 195 Å². The average Bonchev–Trinajstić information content (AvgIpc) is 2.89. The molecular formula is C26H21FO7. The third-order valence-corrected chi connectivity index (χ3v) is 5.14. The molecule has 3 aromatic carbocycles. The van der Waals surface area contributed by atoms with Crippen LogP contribution < -0.4 is 0 Å². The van der Waals surface area contributed by atoms with Crippen LogP contribution in [0.25, 0.3) is 0 Å². The molecule has 0 N–H and O–H groups in total. The highest BCUT2D eigenvalue weighted by atomic mass is 19.1. The summed E-state index contributed by atoms with van der Waals surface area (Å²) in [7, 11) is 0. The monoisotopic (exact) mass is 464 g/mol. The largest absolute Gasteiger partial charge is 0.452 e. The van der Waals surface area contributed by atoms with Gasteiger partial charge in [-0.15, -0.1) is 0 Å². The molecule has 0 spiro atoms. The molecule has 34 heavy (non-hydrogen) atoms. The summed E-state index contributed by atoms with van der Waals surface area (Å²) in [6, 6.07) is 24.1. The predicted octanol–water partition coefficient (Wildman–Crippen LogP) is 3.99. The summed E-state index contributed by atoms with van der Waals surface area (Å²) in [5, 5.41) is 0. The molecule has 0 amide bonds. The molecule has 0 radical (unpaired) electrons. The number of esters is 3. The van der Waals surface area contributed by atoms with Crippen LogP contribution in [0.4, 0.5) is 4.39 Å². The molecule has 7 nitrogen and oxygen atoms in total. The maximum absolute atomic E-state index is 14.8. The Hall–Kier alpha value is -4.04. The fraction of sp³-hybridized carbons (Fsp3) is 0.192. The quantitative estimate of drug-likeness (QED) is 0.403. The van der Waals surface area contributed by atoms with E-state index in [0.717, 1.165) is 0 Å². The second kappa shape index (κ2) is 10.7. The molecule has 4 rings (SSSR count). The molecule has 1 saturated heterocycles. The number of rotatable bonds is 6. The van der Waals surface area contributed by atoms with Gasteiger partial charge in [-0.1, -0.05) is 54.6 Å². The SMILES string of the molecule is O=C(O[C@@H]1[C@H](OC(=O)c2ccccc2)[C@@H](F)OC[C@H]1OC(=O)c1ccccc1)c1ccccc1. The number of benzene rings is 3. The lowest BCUT2D eigenvalue weighted by molar-refractivity contribution is -0.225. The van der Waals surface area contributed by atoms with Crippen LogP contribution in [-0.4, -0.2) is 49.2 Å². The standard InChI is InChI=1S/C26H21FO7/c27-23-22(34-26(30)19-14-8-3-9-15-19)21(33-25(29)18-12-6-2-7-13-18)20(16-31-23)32-24(28)17-10-4-1-5-11-17/h1-15,20-23H,16H2/t20-,21+,22+,23+/m1/s1. The molecule has 0 unspecified atom stereocenters. The summed E-state index contributed by atoms with van der Waals surface area (Å²) in [6.45, 7) is -0.397. The molecule has 174 valence electrons. The summed E-state index contributed by atoms with van der Waals surface area (Å²) in [5.74, 6) is -2.35. The van der Waals surface area contributed by atoms with Crippen molar-refractivity contribution in [3.8, 4) is 0 Å². The number of hydrogen-bond acceptors (Lipinski definition) is 7. The van der Waals surface area contributed by atoms with E-state index in [2.05, 4.69) is 0 Å². The second-order valence-corrected chi connectivity index (χ2v) is 7.47. The molecule has 1 aliphatic heterocycles. The minimum atomic E-state index is -2.10. The van der Waals surface area contributed by atoms with Crippen molar-refractivity contribution in [1.82, 2.24) is 0 Å². The molecular weight excluding hydrogens is 443 g/mol. The molecule has 8 heteroatoms. The van der Waals surface area contributed by atoms with Gasteiger partial charge >= 0.3 is 17.9 Å². The van der Waals surface area contributed by atoms with E-state index in [9.17, 15) is 18.8 Å². The highest BCUT2D eigenvalue weighted by molar-refractivity contribution is 5.91. The van der Waals surface area contributed by atoms with Crippen molar-refractivity contribution in [3.05, 3.63) is 108 Å². The highest BCUT2D eigenvalue weighted by Crippen LogP contribution is 2.27. The fourth-order valence-electron chi connectivity index (χ4n) is 3.41. The van der Waals surface area contributed by atoms with E-state index in [1.807, 2.05) is 0 Å². The first-order chi connectivity index (χ1) is 16.5. The number of carbonyl (C=O) groups is 3. The van der Waals surface area contributed by atoms with Crippen molar-refractivity contribution in [2.45, 2.75) is 24.7 Å². The zero-order chi connectivity index (χ0) is 23.9. The maximum atomic E-state index is 14.8. The lowest BCUT2D eigenvalue weighted by atomic mass is 10.0. The lowest BCUT2D eigenvalue weighted by Gasteiger charge is -2.37. The van der Waals surface area contributed by atoms with Crippen molar-refractivity contribution in [1.29, 1.82) is 0 Å². The van der Waals surface area contributed by atoms with Gasteiger partial charge in [-0.05, 0) is 36.4 Å². The van der Waals surface area contributed by atoms with E-state index in [1.165, 1.54) is 24.3 Å². The lowest BCUT2D eigenvalue weighted by Crippen LogP contribution is -2.56. The van der Waals surface area contributed by atoms with Crippen molar-refractivity contribution >= 4 is 17.9 Å². The van der Waals surface area contributed by atoms with Crippen LogP contribution in [0.15, 0.2) is 91.0 Å². The molecule has 0 aromatic heterocycles. The zero-order valence-electron chi connectivity index (χ0n) is 17.9. The summed E-state index contributed by atoms with van der Waals surface area (Å²) >= 11 is 0. The molecule has 0 saturated carbocycles. The third kappa shape index (κ3) is 5.47. The summed E-state index contributed by atoms with van der Waals surface area (Å²) < 4.78 is 36.3. The van der Waals surface area contributed by atoms with Crippen LogP contribution in [0, 0.1) is 0 Å². The number of carbonyl (C=O) groups excluding carboxylic acids is 3. The van der Waals surface area contributed by atoms with Crippen molar-refractivity contribution in [3.63, 3.8) is 0 Å². The van der Waals surface area contributed by atoms with Gasteiger partial charge in [-0.2, -0.15) is 0 Å². The van der Waals surface area contributed by atoms with Crippen LogP contribution in [-0.2, 0) is 18.9 Å². The number of ether oxygens (including phenoxy) is 4. The van der Waals surface area contributed by atoms with Gasteiger partial charge in [0.1, 0.15) is 0 Å². The van der Waals surface area contributed by atoms with E-state index < -0.39 is 49.2 Å². The minimum absolute atomic E-state index is 0.172. The van der Waals surface area contributed by atoms with E-state index in [0.29, 0.717) is 0 Å². The van der Waals surface area contributed by atoms with Gasteiger partial charge in [0, 0.05) is 0 Å². The summed E-state index contributed by atoms with van der Waals surface area (Å²) in [6.07, 6.45) is -6.44. The van der Waals surface area contributed by atoms with E-state index >= 15 is 0 Å². The van der Waals surface area contributed by atoms with E-state index in [1.54, 1.807) is 66.7 Å². The Kier molecular flexibility index (Phi) is 7.29. The molecule has 1 aliphatic rings. The fourth-order valence-corrected chi connectivity index (χ4v) is 3.41. The Balaban J connectivity index is 1.59. The van der Waals surface area contributed by atoms with Crippen LogP contribution in [0.2, 0.25) is 0 Å². The average molecular weight is 464 g/mol. The maximum Gasteiger partial charge on any atom is 0.338 e. The Morgan fingerprint density at radius 3 is 1.44 bits per heavy atom. The number of hydrogen-bond donors (Lipinski definition) is 0. The van der Waals surface area contributed by atoms with Crippen LogP contribution in [0.3, 0.4) is 0 Å². The van der Waals surface area contributed by atoms with Gasteiger partial charge in [0.05, 0.1) is 23.3 Å². The number of halogens is 1. The third-order valence-electron chi connectivity index (χ3n) is 5.14. The topological polar surface area (TPSA) is 88.1 Å². The zero-order valence-corrected chi connectivity index (χ0v) is 17.9. The van der Waals surface area contributed by atoms with Gasteiger partial charge in [0.15, 0.2) is 18.3 Å². The normalized spacial score (nSPS) is 21.8. The van der Waals surface area contributed by atoms with Gasteiger partial charge in [0.25, 0.3) is 0 Å². The molecule has 4 atom stereocenters.